The monoisotopic (exact) mass is 560 g/mol. The second kappa shape index (κ2) is 12.4. The number of aryl methyl sites for hydroxylation is 1. The number of rotatable bonds is 9. The second-order valence-electron chi connectivity index (χ2n) is 9.95. The fourth-order valence-electron chi connectivity index (χ4n) is 4.48. The summed E-state index contributed by atoms with van der Waals surface area (Å²) in [4.78, 5) is 28.5. The van der Waals surface area contributed by atoms with Crippen molar-refractivity contribution >= 4 is 17.3 Å². The van der Waals surface area contributed by atoms with Crippen LogP contribution >= 0.6 is 0 Å². The Bertz CT molecular complexity index is 1750. The normalized spacial score (nSPS) is 10.7. The van der Waals surface area contributed by atoms with Gasteiger partial charge in [0.05, 0.1) is 19.0 Å². The molecule has 5 aromatic rings. The Labute approximate surface area is 244 Å². The zero-order valence-electron chi connectivity index (χ0n) is 24.0. The summed E-state index contributed by atoms with van der Waals surface area (Å²) >= 11 is 0. The smallest absolute Gasteiger partial charge is 0.299 e. The number of hydrogen-bond acceptors (Lipinski definition) is 6. The molecule has 0 atom stereocenters. The predicted molar refractivity (Wildman–Crippen MR) is 164 cm³/mol. The van der Waals surface area contributed by atoms with E-state index in [9.17, 15) is 9.59 Å². The van der Waals surface area contributed by atoms with Crippen LogP contribution in [0.1, 0.15) is 27.0 Å². The number of hydrogen-bond donors (Lipinski definition) is 1. The van der Waals surface area contributed by atoms with E-state index in [1.165, 1.54) is 10.9 Å². The third-order valence-electron chi connectivity index (χ3n) is 7.05. The molecule has 1 heterocycles. The van der Waals surface area contributed by atoms with Gasteiger partial charge in [0.1, 0.15) is 11.5 Å². The van der Waals surface area contributed by atoms with Crippen molar-refractivity contribution in [1.82, 2.24) is 14.7 Å². The lowest BCUT2D eigenvalue weighted by molar-refractivity contribution is 0.0785. The maximum atomic E-state index is 13.8. The molecule has 0 fully saturated rings. The molecule has 0 aliphatic rings. The number of aromatic nitrogens is 2. The van der Waals surface area contributed by atoms with Crippen molar-refractivity contribution in [3.05, 3.63) is 136 Å². The molecule has 8 heteroatoms. The van der Waals surface area contributed by atoms with Gasteiger partial charge in [-0.3, -0.25) is 9.59 Å². The minimum Gasteiger partial charge on any atom is -0.497 e. The van der Waals surface area contributed by atoms with Gasteiger partial charge in [-0.05, 0) is 85.1 Å². The minimum absolute atomic E-state index is 0.102. The van der Waals surface area contributed by atoms with Crippen LogP contribution < -0.4 is 20.3 Å². The summed E-state index contributed by atoms with van der Waals surface area (Å²) in [5, 5.41) is 7.61. The number of nitrogens with one attached hydrogen (secondary N) is 1. The van der Waals surface area contributed by atoms with Gasteiger partial charge in [0.25, 0.3) is 11.5 Å². The van der Waals surface area contributed by atoms with Gasteiger partial charge in [-0.1, -0.05) is 42.5 Å². The second-order valence-corrected chi connectivity index (χ2v) is 9.95. The van der Waals surface area contributed by atoms with Crippen molar-refractivity contribution in [2.24, 2.45) is 0 Å². The molecule has 0 aliphatic carbocycles. The Kier molecular flexibility index (Phi) is 8.34. The first-order valence-electron chi connectivity index (χ1n) is 13.5. The molecule has 0 saturated carbocycles. The number of amides is 1. The van der Waals surface area contributed by atoms with Crippen LogP contribution in [0.2, 0.25) is 0 Å². The lowest BCUT2D eigenvalue weighted by atomic mass is 10.1. The highest BCUT2D eigenvalue weighted by Gasteiger charge is 2.18. The van der Waals surface area contributed by atoms with Crippen molar-refractivity contribution < 1.29 is 14.3 Å². The highest BCUT2D eigenvalue weighted by molar-refractivity contribution is 5.94. The van der Waals surface area contributed by atoms with E-state index < -0.39 is 5.56 Å². The SMILES string of the molecule is COc1ccc(-n2ncc(Oc3cccc(C)c3C)c(Nc3ccc(C(=O)N(C)Cc4ccccc4)cc3)c2=O)cc1. The Hall–Kier alpha value is -5.37. The topological polar surface area (TPSA) is 85.7 Å². The van der Waals surface area contributed by atoms with E-state index in [-0.39, 0.29) is 17.3 Å². The standard InChI is InChI=1S/C34H32N4O4/c1-23-9-8-12-30(24(23)2)42-31-21-35-38(28-17-19-29(41-4)20-18-28)34(40)32(31)36-27-15-13-26(14-16-27)33(39)37(3)22-25-10-6-5-7-11-25/h5-21,36H,22H2,1-4H3. The molecule has 42 heavy (non-hydrogen) atoms. The molecular formula is C34H32N4O4. The van der Waals surface area contributed by atoms with Crippen LogP contribution in [0.3, 0.4) is 0 Å². The maximum absolute atomic E-state index is 13.8. The summed E-state index contributed by atoms with van der Waals surface area (Å²) in [6.07, 6.45) is 1.52. The van der Waals surface area contributed by atoms with Crippen molar-refractivity contribution in [3.8, 4) is 22.9 Å². The zero-order valence-corrected chi connectivity index (χ0v) is 24.0. The summed E-state index contributed by atoms with van der Waals surface area (Å²) in [7, 11) is 3.36. The lowest BCUT2D eigenvalue weighted by Gasteiger charge is -2.18. The molecule has 0 radical (unpaired) electrons. The van der Waals surface area contributed by atoms with Crippen molar-refractivity contribution in [2.75, 3.05) is 19.5 Å². The van der Waals surface area contributed by atoms with E-state index in [4.69, 9.17) is 9.47 Å². The average molecular weight is 561 g/mol. The quantitative estimate of drug-likeness (QED) is 0.217. The van der Waals surface area contributed by atoms with Gasteiger partial charge in [-0.15, -0.1) is 0 Å². The molecule has 0 aliphatic heterocycles. The first-order chi connectivity index (χ1) is 20.3. The summed E-state index contributed by atoms with van der Waals surface area (Å²) in [6, 6.07) is 29.6. The molecule has 0 saturated heterocycles. The maximum Gasteiger partial charge on any atom is 0.299 e. The minimum atomic E-state index is -0.397. The molecular weight excluding hydrogens is 528 g/mol. The van der Waals surface area contributed by atoms with Gasteiger partial charge >= 0.3 is 0 Å². The van der Waals surface area contributed by atoms with E-state index in [1.54, 1.807) is 67.6 Å². The number of benzene rings is 4. The van der Waals surface area contributed by atoms with Crippen molar-refractivity contribution in [3.63, 3.8) is 0 Å². The predicted octanol–water partition coefficient (Wildman–Crippen LogP) is 6.67. The van der Waals surface area contributed by atoms with Crippen LogP contribution in [-0.2, 0) is 6.54 Å². The summed E-state index contributed by atoms with van der Waals surface area (Å²) in [6.45, 7) is 4.47. The first-order valence-corrected chi connectivity index (χ1v) is 13.5. The number of carbonyl (C=O) groups is 1. The number of carbonyl (C=O) groups excluding carboxylic acids is 1. The van der Waals surface area contributed by atoms with E-state index in [2.05, 4.69) is 10.4 Å². The number of anilines is 2. The van der Waals surface area contributed by atoms with E-state index in [0.29, 0.717) is 35.0 Å². The molecule has 0 spiro atoms. The molecule has 4 aromatic carbocycles. The number of ether oxygens (including phenoxy) is 2. The Morgan fingerprint density at radius 3 is 2.29 bits per heavy atom. The van der Waals surface area contributed by atoms with Crippen LogP contribution in [0.4, 0.5) is 11.4 Å². The van der Waals surface area contributed by atoms with Gasteiger partial charge in [-0.25, -0.2) is 0 Å². The molecule has 1 N–H and O–H groups in total. The molecule has 212 valence electrons. The van der Waals surface area contributed by atoms with Gasteiger partial charge in [0.15, 0.2) is 11.4 Å². The van der Waals surface area contributed by atoms with Crippen LogP contribution in [0.5, 0.6) is 17.2 Å². The molecule has 0 unspecified atom stereocenters. The Morgan fingerprint density at radius 1 is 0.881 bits per heavy atom. The average Bonchev–Trinajstić information content (AvgIpc) is 3.02. The number of methoxy groups -OCH3 is 1. The van der Waals surface area contributed by atoms with Gasteiger partial charge in [0.2, 0.25) is 0 Å². The van der Waals surface area contributed by atoms with Gasteiger partial charge in [0, 0.05) is 24.8 Å². The molecule has 1 aromatic heterocycles. The highest BCUT2D eigenvalue weighted by atomic mass is 16.5. The van der Waals surface area contributed by atoms with E-state index in [1.807, 2.05) is 62.4 Å². The Morgan fingerprint density at radius 2 is 1.60 bits per heavy atom. The fraction of sp³-hybridized carbons (Fsp3) is 0.147. The zero-order chi connectivity index (χ0) is 29.6. The third-order valence-corrected chi connectivity index (χ3v) is 7.05. The van der Waals surface area contributed by atoms with Crippen LogP contribution in [0.25, 0.3) is 5.69 Å². The van der Waals surface area contributed by atoms with Crippen LogP contribution in [0, 0.1) is 13.8 Å². The van der Waals surface area contributed by atoms with Gasteiger partial charge < -0.3 is 19.7 Å². The highest BCUT2D eigenvalue weighted by Crippen LogP contribution is 2.32. The van der Waals surface area contributed by atoms with E-state index >= 15 is 0 Å². The van der Waals surface area contributed by atoms with Crippen molar-refractivity contribution in [1.29, 1.82) is 0 Å². The van der Waals surface area contributed by atoms with Crippen molar-refractivity contribution in [2.45, 2.75) is 20.4 Å². The molecule has 5 rings (SSSR count). The molecule has 8 nitrogen and oxygen atoms in total. The number of nitrogens with zero attached hydrogens (tertiary/aromatic N) is 3. The summed E-state index contributed by atoms with van der Waals surface area (Å²) < 4.78 is 12.8. The summed E-state index contributed by atoms with van der Waals surface area (Å²) in [5.41, 5.74) is 4.62. The first kappa shape index (κ1) is 28.2. The summed E-state index contributed by atoms with van der Waals surface area (Å²) in [5.74, 6) is 1.48. The molecule has 1 amide bonds. The fourth-order valence-corrected chi connectivity index (χ4v) is 4.48. The Balaban J connectivity index is 1.45. The molecule has 0 bridgehead atoms. The lowest BCUT2D eigenvalue weighted by Crippen LogP contribution is -2.26. The van der Waals surface area contributed by atoms with Gasteiger partial charge in [-0.2, -0.15) is 9.78 Å². The largest absolute Gasteiger partial charge is 0.497 e. The third kappa shape index (κ3) is 6.18. The van der Waals surface area contributed by atoms with Crippen LogP contribution in [0.15, 0.2) is 108 Å². The van der Waals surface area contributed by atoms with E-state index in [0.717, 1.165) is 16.7 Å². The van der Waals surface area contributed by atoms with Crippen LogP contribution in [-0.4, -0.2) is 34.7 Å².